The van der Waals surface area contributed by atoms with Gasteiger partial charge in [-0.15, -0.1) is 0 Å². The van der Waals surface area contributed by atoms with E-state index in [1.54, 1.807) is 0 Å². The van der Waals surface area contributed by atoms with E-state index in [0.717, 1.165) is 28.9 Å². The molecule has 0 amide bonds. The van der Waals surface area contributed by atoms with E-state index in [1.807, 2.05) is 43.3 Å². The number of aromatic amines is 1. The Morgan fingerprint density at radius 1 is 1.13 bits per heavy atom. The summed E-state index contributed by atoms with van der Waals surface area (Å²) < 4.78 is 0. The average molecular weight is 306 g/mol. The van der Waals surface area contributed by atoms with Crippen molar-refractivity contribution in [2.75, 3.05) is 5.32 Å². The lowest BCUT2D eigenvalue weighted by atomic mass is 10.1. The SMILES string of the molecule is CCCC(=O)c1ccc(NC(C)c2cc3ccccc3[nH]2)cc1. The molecule has 2 aromatic carbocycles. The standard InChI is InChI=1S/C20H22N2O/c1-3-6-20(23)15-9-11-17(12-10-15)21-14(2)19-13-16-7-4-5-8-18(16)22-19/h4-5,7-14,21-22H,3,6H2,1-2H3. The normalized spacial score (nSPS) is 12.3. The van der Waals surface area contributed by atoms with Crippen molar-refractivity contribution in [2.45, 2.75) is 32.7 Å². The summed E-state index contributed by atoms with van der Waals surface area (Å²) in [6.07, 6.45) is 1.49. The first-order valence-corrected chi connectivity index (χ1v) is 8.15. The van der Waals surface area contributed by atoms with Crippen LogP contribution in [-0.4, -0.2) is 10.8 Å². The number of hydrogen-bond acceptors (Lipinski definition) is 2. The van der Waals surface area contributed by atoms with Crippen LogP contribution in [0, 0.1) is 0 Å². The number of carbonyl (C=O) groups is 1. The Labute approximate surface area is 136 Å². The van der Waals surface area contributed by atoms with Crippen LogP contribution in [0.3, 0.4) is 0 Å². The molecular formula is C20H22N2O. The molecular weight excluding hydrogens is 284 g/mol. The van der Waals surface area contributed by atoms with Crippen molar-refractivity contribution >= 4 is 22.4 Å². The molecule has 0 fully saturated rings. The first-order chi connectivity index (χ1) is 11.2. The van der Waals surface area contributed by atoms with Gasteiger partial charge in [0.25, 0.3) is 0 Å². The first kappa shape index (κ1) is 15.3. The molecule has 3 nitrogen and oxygen atoms in total. The van der Waals surface area contributed by atoms with E-state index in [9.17, 15) is 4.79 Å². The Morgan fingerprint density at radius 3 is 2.57 bits per heavy atom. The minimum Gasteiger partial charge on any atom is -0.377 e. The van der Waals surface area contributed by atoms with Crippen LogP contribution in [0.25, 0.3) is 10.9 Å². The molecule has 0 saturated heterocycles. The van der Waals surface area contributed by atoms with Crippen molar-refractivity contribution in [3.63, 3.8) is 0 Å². The molecule has 1 atom stereocenters. The summed E-state index contributed by atoms with van der Waals surface area (Å²) in [6.45, 7) is 4.15. The lowest BCUT2D eigenvalue weighted by Crippen LogP contribution is -2.07. The number of para-hydroxylation sites is 1. The highest BCUT2D eigenvalue weighted by molar-refractivity contribution is 5.96. The number of rotatable bonds is 6. The average Bonchev–Trinajstić information content (AvgIpc) is 3.00. The summed E-state index contributed by atoms with van der Waals surface area (Å²) >= 11 is 0. The van der Waals surface area contributed by atoms with Gasteiger partial charge in [0.05, 0.1) is 6.04 Å². The fourth-order valence-corrected chi connectivity index (χ4v) is 2.78. The molecule has 0 saturated carbocycles. The number of hydrogen-bond donors (Lipinski definition) is 2. The minimum absolute atomic E-state index is 0.166. The Kier molecular flexibility index (Phi) is 4.47. The number of benzene rings is 2. The molecule has 3 rings (SSSR count). The Balaban J connectivity index is 1.72. The van der Waals surface area contributed by atoms with Gasteiger partial charge in [0.15, 0.2) is 5.78 Å². The first-order valence-electron chi connectivity index (χ1n) is 8.15. The molecule has 3 heteroatoms. The molecule has 3 aromatic rings. The fraction of sp³-hybridized carbons (Fsp3) is 0.250. The Hall–Kier alpha value is -2.55. The van der Waals surface area contributed by atoms with E-state index >= 15 is 0 Å². The maximum Gasteiger partial charge on any atom is 0.162 e. The van der Waals surface area contributed by atoms with Crippen LogP contribution in [-0.2, 0) is 0 Å². The summed E-state index contributed by atoms with van der Waals surface area (Å²) in [4.78, 5) is 15.3. The molecule has 0 spiro atoms. The van der Waals surface area contributed by atoms with Crippen LogP contribution < -0.4 is 5.32 Å². The topological polar surface area (TPSA) is 44.9 Å². The monoisotopic (exact) mass is 306 g/mol. The van der Waals surface area contributed by atoms with Gasteiger partial charge in [-0.25, -0.2) is 0 Å². The van der Waals surface area contributed by atoms with E-state index < -0.39 is 0 Å². The molecule has 1 heterocycles. The van der Waals surface area contributed by atoms with Gasteiger partial charge in [0.1, 0.15) is 0 Å². The Morgan fingerprint density at radius 2 is 1.87 bits per heavy atom. The van der Waals surface area contributed by atoms with Gasteiger partial charge in [0.2, 0.25) is 0 Å². The van der Waals surface area contributed by atoms with Gasteiger partial charge in [0, 0.05) is 28.9 Å². The summed E-state index contributed by atoms with van der Waals surface area (Å²) in [5.41, 5.74) is 4.11. The van der Waals surface area contributed by atoms with Crippen molar-refractivity contribution in [3.8, 4) is 0 Å². The highest BCUT2D eigenvalue weighted by Gasteiger charge is 2.09. The summed E-state index contributed by atoms with van der Waals surface area (Å²) in [6, 6.07) is 18.4. The number of anilines is 1. The molecule has 1 aromatic heterocycles. The van der Waals surface area contributed by atoms with Crippen molar-refractivity contribution in [1.29, 1.82) is 0 Å². The molecule has 118 valence electrons. The Bertz CT molecular complexity index is 769. The number of fused-ring (bicyclic) bond motifs is 1. The van der Waals surface area contributed by atoms with E-state index in [0.29, 0.717) is 6.42 Å². The number of Topliss-reactive ketones (excluding diaryl/α,β-unsaturated/α-hetero) is 1. The van der Waals surface area contributed by atoms with Crippen LogP contribution >= 0.6 is 0 Å². The summed E-state index contributed by atoms with van der Waals surface area (Å²) in [5, 5.41) is 4.69. The molecule has 0 aliphatic heterocycles. The van der Waals surface area contributed by atoms with Crippen LogP contribution in [0.5, 0.6) is 0 Å². The van der Waals surface area contributed by atoms with Crippen molar-refractivity contribution in [3.05, 3.63) is 65.9 Å². The number of carbonyl (C=O) groups excluding carboxylic acids is 1. The molecule has 0 bridgehead atoms. The highest BCUT2D eigenvalue weighted by Crippen LogP contribution is 2.23. The van der Waals surface area contributed by atoms with Gasteiger partial charge in [-0.05, 0) is 55.1 Å². The van der Waals surface area contributed by atoms with Gasteiger partial charge < -0.3 is 10.3 Å². The largest absolute Gasteiger partial charge is 0.377 e. The second-order valence-corrected chi connectivity index (χ2v) is 5.93. The quantitative estimate of drug-likeness (QED) is 0.605. The van der Waals surface area contributed by atoms with Crippen LogP contribution in [0.15, 0.2) is 54.6 Å². The number of nitrogens with one attached hydrogen (secondary N) is 2. The van der Waals surface area contributed by atoms with Gasteiger partial charge >= 0.3 is 0 Å². The van der Waals surface area contributed by atoms with E-state index in [-0.39, 0.29) is 11.8 Å². The van der Waals surface area contributed by atoms with Gasteiger partial charge in [-0.3, -0.25) is 4.79 Å². The fourth-order valence-electron chi connectivity index (χ4n) is 2.78. The smallest absolute Gasteiger partial charge is 0.162 e. The second-order valence-electron chi connectivity index (χ2n) is 5.93. The molecule has 0 radical (unpaired) electrons. The molecule has 0 aliphatic carbocycles. The molecule has 23 heavy (non-hydrogen) atoms. The van der Waals surface area contributed by atoms with E-state index in [1.165, 1.54) is 5.39 Å². The van der Waals surface area contributed by atoms with Crippen LogP contribution in [0.1, 0.15) is 48.8 Å². The molecule has 1 unspecified atom stereocenters. The third-order valence-electron chi connectivity index (χ3n) is 4.08. The predicted octanol–water partition coefficient (Wildman–Crippen LogP) is 5.32. The van der Waals surface area contributed by atoms with Gasteiger partial charge in [-0.2, -0.15) is 0 Å². The number of ketones is 1. The third kappa shape index (κ3) is 3.45. The minimum atomic E-state index is 0.166. The molecule has 2 N–H and O–H groups in total. The number of aromatic nitrogens is 1. The van der Waals surface area contributed by atoms with Crippen molar-refractivity contribution < 1.29 is 4.79 Å². The van der Waals surface area contributed by atoms with Crippen LogP contribution in [0.4, 0.5) is 5.69 Å². The number of H-pyrrole nitrogens is 1. The highest BCUT2D eigenvalue weighted by atomic mass is 16.1. The van der Waals surface area contributed by atoms with Crippen molar-refractivity contribution in [1.82, 2.24) is 4.98 Å². The maximum absolute atomic E-state index is 11.9. The lowest BCUT2D eigenvalue weighted by Gasteiger charge is -2.14. The maximum atomic E-state index is 11.9. The van der Waals surface area contributed by atoms with E-state index in [4.69, 9.17) is 0 Å². The zero-order valence-corrected chi connectivity index (χ0v) is 13.6. The predicted molar refractivity (Wildman–Crippen MR) is 96.0 cm³/mol. The van der Waals surface area contributed by atoms with Crippen molar-refractivity contribution in [2.24, 2.45) is 0 Å². The zero-order chi connectivity index (χ0) is 16.2. The lowest BCUT2D eigenvalue weighted by molar-refractivity contribution is 0.0982. The second kappa shape index (κ2) is 6.69. The third-order valence-corrected chi connectivity index (χ3v) is 4.08. The summed E-state index contributed by atoms with van der Waals surface area (Å²) in [5.74, 6) is 0.211. The van der Waals surface area contributed by atoms with E-state index in [2.05, 4.69) is 35.4 Å². The molecule has 0 aliphatic rings. The van der Waals surface area contributed by atoms with Crippen LogP contribution in [0.2, 0.25) is 0 Å². The van der Waals surface area contributed by atoms with Gasteiger partial charge in [-0.1, -0.05) is 25.1 Å². The summed E-state index contributed by atoms with van der Waals surface area (Å²) in [7, 11) is 0. The zero-order valence-electron chi connectivity index (χ0n) is 13.6.